The molecular formula is C11H16N2O2. The van der Waals surface area contributed by atoms with Crippen LogP contribution in [0.15, 0.2) is 0 Å². The number of likely N-dealkylation sites (tertiary alicyclic amines) is 1. The lowest BCUT2D eigenvalue weighted by molar-refractivity contribution is 0.0257. The predicted octanol–water partition coefficient (Wildman–Crippen LogP) is 1.77. The molecule has 1 aliphatic heterocycles. The summed E-state index contributed by atoms with van der Waals surface area (Å²) in [6.07, 6.45) is 0.676. The van der Waals surface area contributed by atoms with E-state index >= 15 is 0 Å². The zero-order chi connectivity index (χ0) is 11.2. The zero-order valence-electron chi connectivity index (χ0n) is 9.36. The maximum Gasteiger partial charge on any atom is 0.410 e. The molecule has 2 rings (SSSR count). The molecule has 82 valence electrons. The van der Waals surface area contributed by atoms with Gasteiger partial charge in [-0.05, 0) is 27.2 Å². The highest BCUT2D eigenvalue weighted by Gasteiger charge is 2.60. The van der Waals surface area contributed by atoms with Crippen LogP contribution in [0.4, 0.5) is 4.79 Å². The second-order valence-corrected chi connectivity index (χ2v) is 5.27. The van der Waals surface area contributed by atoms with E-state index in [4.69, 9.17) is 10.00 Å². The number of nitrogens with zero attached hydrogens (tertiary/aromatic N) is 2. The Kier molecular flexibility index (Phi) is 2.14. The first kappa shape index (κ1) is 10.3. The Hall–Kier alpha value is -1.24. The van der Waals surface area contributed by atoms with Crippen molar-refractivity contribution < 1.29 is 9.53 Å². The Morgan fingerprint density at radius 2 is 2.20 bits per heavy atom. The lowest BCUT2D eigenvalue weighted by atomic mass is 10.2. The molecule has 4 heteroatoms. The number of hydrogen-bond donors (Lipinski definition) is 0. The fourth-order valence-corrected chi connectivity index (χ4v) is 2.27. The molecule has 1 saturated carbocycles. The minimum atomic E-state index is -0.452. The van der Waals surface area contributed by atoms with E-state index in [0.29, 0.717) is 5.92 Å². The summed E-state index contributed by atoms with van der Waals surface area (Å²) in [7, 11) is 0. The summed E-state index contributed by atoms with van der Waals surface area (Å²) in [6.45, 7) is 6.30. The zero-order valence-corrected chi connectivity index (χ0v) is 9.36. The van der Waals surface area contributed by atoms with Crippen molar-refractivity contribution in [1.29, 1.82) is 5.26 Å². The lowest BCUT2D eigenvalue weighted by Gasteiger charge is -2.25. The van der Waals surface area contributed by atoms with Crippen molar-refractivity contribution in [2.24, 2.45) is 11.8 Å². The van der Waals surface area contributed by atoms with Crippen LogP contribution in [0.1, 0.15) is 27.2 Å². The molecule has 0 bridgehead atoms. The number of carbonyl (C=O) groups excluding carboxylic acids is 1. The van der Waals surface area contributed by atoms with Crippen molar-refractivity contribution in [2.75, 3.05) is 6.54 Å². The van der Waals surface area contributed by atoms with Crippen molar-refractivity contribution in [3.05, 3.63) is 0 Å². The van der Waals surface area contributed by atoms with Gasteiger partial charge < -0.3 is 9.64 Å². The molecule has 0 aromatic carbocycles. The predicted molar refractivity (Wildman–Crippen MR) is 53.9 cm³/mol. The lowest BCUT2D eigenvalue weighted by Crippen LogP contribution is -2.37. The van der Waals surface area contributed by atoms with Gasteiger partial charge in [0.1, 0.15) is 5.60 Å². The van der Waals surface area contributed by atoms with Crippen molar-refractivity contribution in [1.82, 2.24) is 4.90 Å². The number of amides is 1. The molecular weight excluding hydrogens is 192 g/mol. The summed E-state index contributed by atoms with van der Waals surface area (Å²) in [4.78, 5) is 13.5. The number of hydrogen-bond acceptors (Lipinski definition) is 3. The van der Waals surface area contributed by atoms with Crippen LogP contribution in [0.2, 0.25) is 0 Å². The van der Waals surface area contributed by atoms with Gasteiger partial charge in [0.2, 0.25) is 0 Å². The molecule has 0 aromatic rings. The highest BCUT2D eigenvalue weighted by atomic mass is 16.6. The standard InChI is InChI=1S/C11H16N2O2/c1-11(2,3)15-10(14)13-5-4-7-8(6-12)9(7)13/h7-9H,4-5H2,1-3H3. The van der Waals surface area contributed by atoms with Gasteiger partial charge in [-0.15, -0.1) is 0 Å². The minimum Gasteiger partial charge on any atom is -0.444 e. The largest absolute Gasteiger partial charge is 0.444 e. The van der Waals surface area contributed by atoms with Crippen LogP contribution in [0, 0.1) is 23.2 Å². The molecule has 3 atom stereocenters. The molecule has 0 spiro atoms. The van der Waals surface area contributed by atoms with Gasteiger partial charge in [0, 0.05) is 12.5 Å². The van der Waals surface area contributed by atoms with Crippen LogP contribution in [0.3, 0.4) is 0 Å². The van der Waals surface area contributed by atoms with E-state index in [9.17, 15) is 4.79 Å². The summed E-state index contributed by atoms with van der Waals surface area (Å²) >= 11 is 0. The van der Waals surface area contributed by atoms with E-state index in [-0.39, 0.29) is 18.1 Å². The van der Waals surface area contributed by atoms with Crippen molar-refractivity contribution in [2.45, 2.75) is 38.8 Å². The maximum absolute atomic E-state index is 11.8. The van der Waals surface area contributed by atoms with Crippen LogP contribution < -0.4 is 0 Å². The maximum atomic E-state index is 11.8. The molecule has 2 fully saturated rings. The van der Waals surface area contributed by atoms with Gasteiger partial charge in [-0.1, -0.05) is 0 Å². The molecule has 2 aliphatic rings. The summed E-state index contributed by atoms with van der Waals surface area (Å²) in [5, 5.41) is 8.82. The first-order valence-electron chi connectivity index (χ1n) is 5.33. The third-order valence-electron chi connectivity index (χ3n) is 2.97. The Bertz CT molecular complexity index is 326. The molecule has 1 saturated heterocycles. The second-order valence-electron chi connectivity index (χ2n) is 5.27. The monoisotopic (exact) mass is 208 g/mol. The third kappa shape index (κ3) is 1.79. The number of nitriles is 1. The van der Waals surface area contributed by atoms with Crippen LogP contribution >= 0.6 is 0 Å². The molecule has 1 heterocycles. The Morgan fingerprint density at radius 3 is 2.67 bits per heavy atom. The van der Waals surface area contributed by atoms with Crippen molar-refractivity contribution in [3.8, 4) is 6.07 Å². The van der Waals surface area contributed by atoms with Gasteiger partial charge in [0.25, 0.3) is 0 Å². The Balaban J connectivity index is 1.96. The number of piperidine rings is 1. The van der Waals surface area contributed by atoms with Crippen LogP contribution in [0.5, 0.6) is 0 Å². The molecule has 0 aromatic heterocycles. The van der Waals surface area contributed by atoms with Crippen LogP contribution in [-0.2, 0) is 4.74 Å². The van der Waals surface area contributed by atoms with E-state index in [1.807, 2.05) is 20.8 Å². The molecule has 15 heavy (non-hydrogen) atoms. The molecule has 0 radical (unpaired) electrons. The van der Waals surface area contributed by atoms with Gasteiger partial charge in [-0.3, -0.25) is 0 Å². The van der Waals surface area contributed by atoms with E-state index < -0.39 is 5.60 Å². The normalized spacial score (nSPS) is 33.2. The van der Waals surface area contributed by atoms with Crippen molar-refractivity contribution in [3.63, 3.8) is 0 Å². The second kappa shape index (κ2) is 3.13. The first-order valence-corrected chi connectivity index (χ1v) is 5.33. The number of ether oxygens (including phenoxy) is 1. The third-order valence-corrected chi connectivity index (χ3v) is 2.97. The quantitative estimate of drug-likeness (QED) is 0.609. The van der Waals surface area contributed by atoms with E-state index in [1.54, 1.807) is 4.90 Å². The van der Waals surface area contributed by atoms with Crippen LogP contribution in [0.25, 0.3) is 0 Å². The first-order chi connectivity index (χ1) is 6.94. The van der Waals surface area contributed by atoms with E-state index in [2.05, 4.69) is 6.07 Å². The summed E-state index contributed by atoms with van der Waals surface area (Å²) in [6, 6.07) is 2.37. The van der Waals surface area contributed by atoms with Gasteiger partial charge >= 0.3 is 6.09 Å². The number of fused-ring (bicyclic) bond motifs is 1. The molecule has 0 N–H and O–H groups in total. The summed E-state index contributed by atoms with van der Waals surface area (Å²) in [5.41, 5.74) is -0.452. The topological polar surface area (TPSA) is 53.3 Å². The average Bonchev–Trinajstić information content (AvgIpc) is 2.60. The molecule has 4 nitrogen and oxygen atoms in total. The number of rotatable bonds is 0. The van der Waals surface area contributed by atoms with Crippen LogP contribution in [-0.4, -0.2) is 29.2 Å². The SMILES string of the molecule is CC(C)(C)OC(=O)N1CCC2C(C#N)C21. The average molecular weight is 208 g/mol. The van der Waals surface area contributed by atoms with Gasteiger partial charge in [0.15, 0.2) is 0 Å². The molecule has 1 amide bonds. The highest BCUT2D eigenvalue weighted by molar-refractivity contribution is 5.70. The fraction of sp³-hybridized carbons (Fsp3) is 0.818. The summed E-state index contributed by atoms with van der Waals surface area (Å²) < 4.78 is 5.29. The van der Waals surface area contributed by atoms with Gasteiger partial charge in [0.05, 0.1) is 18.0 Å². The Labute approximate surface area is 89.8 Å². The molecule has 3 unspecified atom stereocenters. The Morgan fingerprint density at radius 1 is 1.53 bits per heavy atom. The minimum absolute atomic E-state index is 0.0475. The van der Waals surface area contributed by atoms with Gasteiger partial charge in [-0.25, -0.2) is 4.79 Å². The number of carbonyl (C=O) groups is 1. The molecule has 1 aliphatic carbocycles. The summed E-state index contributed by atoms with van der Waals surface area (Å²) in [5.74, 6) is 0.453. The highest BCUT2D eigenvalue weighted by Crippen LogP contribution is 2.50. The van der Waals surface area contributed by atoms with Crippen molar-refractivity contribution >= 4 is 6.09 Å². The van der Waals surface area contributed by atoms with E-state index in [0.717, 1.165) is 13.0 Å². The van der Waals surface area contributed by atoms with E-state index in [1.165, 1.54) is 0 Å². The smallest absolute Gasteiger partial charge is 0.410 e. The van der Waals surface area contributed by atoms with Gasteiger partial charge in [-0.2, -0.15) is 5.26 Å². The fourth-order valence-electron chi connectivity index (χ4n) is 2.27.